The second kappa shape index (κ2) is 8.61. The van der Waals surface area contributed by atoms with Crippen LogP contribution in [0, 0.1) is 5.92 Å². The van der Waals surface area contributed by atoms with Crippen LogP contribution in [0.5, 0.6) is 0 Å². The molecule has 0 N–H and O–H groups in total. The molecule has 0 aromatic rings. The molecular weight excluding hydrogens is 336 g/mol. The average Bonchev–Trinajstić information content (AvgIpc) is 2.74. The van der Waals surface area contributed by atoms with Crippen molar-refractivity contribution in [1.29, 1.82) is 0 Å². The maximum atomic E-state index is 11.5. The predicted molar refractivity (Wildman–Crippen MR) is 100 cm³/mol. The Kier molecular flexibility index (Phi) is 7.24. The van der Waals surface area contributed by atoms with E-state index in [0.29, 0.717) is 6.61 Å². The van der Waals surface area contributed by atoms with E-state index >= 15 is 0 Å². The molecule has 5 atom stereocenters. The Morgan fingerprint density at radius 2 is 1.84 bits per heavy atom. The van der Waals surface area contributed by atoms with Crippen LogP contribution in [0.15, 0.2) is 0 Å². The third-order valence-electron chi connectivity index (χ3n) is 5.93. The Morgan fingerprint density at radius 1 is 1.20 bits per heavy atom. The summed E-state index contributed by atoms with van der Waals surface area (Å²) in [6.07, 6.45) is 2.20. The van der Waals surface area contributed by atoms with Crippen molar-refractivity contribution in [3.63, 3.8) is 0 Å². The molecule has 25 heavy (non-hydrogen) atoms. The van der Waals surface area contributed by atoms with E-state index in [1.165, 1.54) is 0 Å². The van der Waals surface area contributed by atoms with Crippen LogP contribution in [-0.2, 0) is 23.4 Å². The Balaban J connectivity index is 2.23. The minimum Gasteiger partial charge on any atom is -0.411 e. The van der Waals surface area contributed by atoms with E-state index in [-0.39, 0.29) is 30.3 Å². The van der Waals surface area contributed by atoms with E-state index in [1.54, 1.807) is 0 Å². The molecule has 0 amide bonds. The van der Waals surface area contributed by atoms with Gasteiger partial charge < -0.3 is 23.4 Å². The molecule has 0 bridgehead atoms. The molecule has 0 aromatic heterocycles. The molecule has 2 heterocycles. The predicted octanol–water partition coefficient (Wildman–Crippen LogP) is 3.91. The van der Waals surface area contributed by atoms with Crippen molar-refractivity contribution in [2.75, 3.05) is 6.61 Å². The van der Waals surface area contributed by atoms with E-state index in [2.05, 4.69) is 20.8 Å². The van der Waals surface area contributed by atoms with Crippen molar-refractivity contribution in [3.8, 4) is 0 Å². The molecule has 2 fully saturated rings. The molecule has 0 spiro atoms. The summed E-state index contributed by atoms with van der Waals surface area (Å²) in [6.45, 7) is 13.1. The highest BCUT2D eigenvalue weighted by Crippen LogP contribution is 2.37. The molecule has 5 nitrogen and oxygen atoms in total. The van der Waals surface area contributed by atoms with Crippen molar-refractivity contribution in [3.05, 3.63) is 0 Å². The van der Waals surface area contributed by atoms with E-state index < -0.39 is 14.1 Å². The van der Waals surface area contributed by atoms with Crippen LogP contribution in [-0.4, -0.2) is 51.4 Å². The van der Waals surface area contributed by atoms with Crippen LogP contribution in [0.2, 0.25) is 18.1 Å². The number of carbonyl (C=O) groups is 1. The maximum Gasteiger partial charge on any atom is 0.192 e. The second-order valence-electron chi connectivity index (χ2n) is 7.96. The number of fused-ring (bicyclic) bond motifs is 1. The molecule has 0 aliphatic carbocycles. The molecule has 0 radical (unpaired) electrons. The number of hydrogen-bond acceptors (Lipinski definition) is 5. The van der Waals surface area contributed by atoms with Gasteiger partial charge in [0.2, 0.25) is 0 Å². The number of carbonyl (C=O) groups excluding carboxylic acids is 1. The summed E-state index contributed by atoms with van der Waals surface area (Å²) in [5, 5.41) is 0. The fourth-order valence-electron chi connectivity index (χ4n) is 4.07. The smallest absolute Gasteiger partial charge is 0.192 e. The summed E-state index contributed by atoms with van der Waals surface area (Å²) in [6, 6.07) is 3.26. The molecule has 6 heteroatoms. The fourth-order valence-corrected chi connectivity index (χ4v) is 6.94. The minimum absolute atomic E-state index is 0.0324. The highest BCUT2D eigenvalue weighted by atomic mass is 28.4. The van der Waals surface area contributed by atoms with Gasteiger partial charge in [0.1, 0.15) is 6.29 Å². The molecule has 0 saturated carbocycles. The molecule has 0 unspecified atom stereocenters. The van der Waals surface area contributed by atoms with Crippen molar-refractivity contribution in [1.82, 2.24) is 0 Å². The molecular formula is C19H36O5Si. The lowest BCUT2D eigenvalue weighted by atomic mass is 9.90. The zero-order chi connectivity index (χ0) is 18.7. The summed E-state index contributed by atoms with van der Waals surface area (Å²) in [4.78, 5) is 11.5. The third-order valence-corrected chi connectivity index (χ3v) is 10.6. The normalized spacial score (nSPS) is 34.0. The summed E-state index contributed by atoms with van der Waals surface area (Å²) in [5.41, 5.74) is 0. The number of rotatable bonds is 7. The molecule has 146 valence electrons. The summed E-state index contributed by atoms with van der Waals surface area (Å²) >= 11 is 0. The summed E-state index contributed by atoms with van der Waals surface area (Å²) < 4.78 is 25.1. The van der Waals surface area contributed by atoms with Crippen molar-refractivity contribution >= 4 is 14.6 Å². The van der Waals surface area contributed by atoms with Gasteiger partial charge in [-0.3, -0.25) is 0 Å². The van der Waals surface area contributed by atoms with Crippen LogP contribution in [0.3, 0.4) is 0 Å². The highest BCUT2D eigenvalue weighted by molar-refractivity contribution is 6.73. The van der Waals surface area contributed by atoms with Gasteiger partial charge in [0.25, 0.3) is 0 Å². The summed E-state index contributed by atoms with van der Waals surface area (Å²) in [5.74, 6) is -0.786. The lowest BCUT2D eigenvalue weighted by molar-refractivity contribution is -0.258. The number of ether oxygens (including phenoxy) is 3. The van der Waals surface area contributed by atoms with Gasteiger partial charge >= 0.3 is 0 Å². The Bertz CT molecular complexity index is 429. The van der Waals surface area contributed by atoms with Crippen LogP contribution in [0.25, 0.3) is 0 Å². The van der Waals surface area contributed by atoms with Gasteiger partial charge in [-0.05, 0) is 38.4 Å². The molecule has 0 aromatic carbocycles. The first-order valence-electron chi connectivity index (χ1n) is 9.90. The van der Waals surface area contributed by atoms with Gasteiger partial charge in [-0.1, -0.05) is 27.7 Å². The quantitative estimate of drug-likeness (QED) is 0.501. The van der Waals surface area contributed by atoms with Gasteiger partial charge in [-0.2, -0.15) is 0 Å². The van der Waals surface area contributed by atoms with E-state index in [4.69, 9.17) is 18.6 Å². The van der Waals surface area contributed by atoms with Crippen LogP contribution in [0.4, 0.5) is 0 Å². The van der Waals surface area contributed by atoms with Crippen molar-refractivity contribution in [2.45, 2.75) is 103 Å². The minimum atomic E-state index is -1.79. The number of aldehydes is 1. The maximum absolute atomic E-state index is 11.5. The van der Waals surface area contributed by atoms with Gasteiger partial charge in [0.15, 0.2) is 14.1 Å². The van der Waals surface area contributed by atoms with Gasteiger partial charge in [0.05, 0.1) is 31.0 Å². The first kappa shape index (κ1) is 21.0. The first-order chi connectivity index (χ1) is 11.8. The molecule has 2 saturated heterocycles. The van der Waals surface area contributed by atoms with Crippen molar-refractivity contribution < 1.29 is 23.4 Å². The monoisotopic (exact) mass is 372 g/mol. The fraction of sp³-hybridized carbons (Fsp3) is 0.947. The van der Waals surface area contributed by atoms with E-state index in [0.717, 1.165) is 37.3 Å². The van der Waals surface area contributed by atoms with Crippen molar-refractivity contribution in [2.24, 2.45) is 5.92 Å². The van der Waals surface area contributed by atoms with Gasteiger partial charge in [0, 0.05) is 12.3 Å². The van der Waals surface area contributed by atoms with Gasteiger partial charge in [-0.25, -0.2) is 0 Å². The van der Waals surface area contributed by atoms with E-state index in [9.17, 15) is 4.79 Å². The van der Waals surface area contributed by atoms with E-state index in [1.807, 2.05) is 20.8 Å². The SMILES string of the molecule is CC[Si](CC)(CC)O[C@H]1C[C@H]2OC(C)(C)OCC[C@H]2O[C@H]1[C@H](C)C=O. The molecule has 2 rings (SSSR count). The number of hydrogen-bond donors (Lipinski definition) is 0. The lowest BCUT2D eigenvalue weighted by Gasteiger charge is -2.46. The second-order valence-corrected chi connectivity index (χ2v) is 12.7. The van der Waals surface area contributed by atoms with Gasteiger partial charge in [-0.15, -0.1) is 0 Å². The lowest BCUT2D eigenvalue weighted by Crippen LogP contribution is -2.56. The average molecular weight is 373 g/mol. The largest absolute Gasteiger partial charge is 0.411 e. The Labute approximate surface area is 153 Å². The summed E-state index contributed by atoms with van der Waals surface area (Å²) in [7, 11) is -1.79. The zero-order valence-electron chi connectivity index (χ0n) is 16.7. The highest BCUT2D eigenvalue weighted by Gasteiger charge is 2.47. The van der Waals surface area contributed by atoms with Crippen LogP contribution >= 0.6 is 0 Å². The molecule has 2 aliphatic heterocycles. The van der Waals surface area contributed by atoms with Crippen LogP contribution < -0.4 is 0 Å². The third kappa shape index (κ3) is 4.92. The Hall–Kier alpha value is -0.273. The standard InChI is InChI=1S/C19H36O5Si/c1-7-25(8-2,9-3)24-17-12-16-15(22-18(17)14(4)13-20)10-11-21-19(5,6)23-16/h13-18H,7-12H2,1-6H3/t14-,15-,16-,17+,18+/m1/s1. The first-order valence-corrected chi connectivity index (χ1v) is 12.4. The zero-order valence-corrected chi connectivity index (χ0v) is 17.7. The Morgan fingerprint density at radius 3 is 2.40 bits per heavy atom. The van der Waals surface area contributed by atoms with Crippen LogP contribution in [0.1, 0.15) is 54.4 Å². The topological polar surface area (TPSA) is 54.0 Å². The molecule has 2 aliphatic rings.